The molecule has 2 aromatic rings. The molecule has 0 saturated heterocycles. The van der Waals surface area contributed by atoms with E-state index in [0.717, 1.165) is 0 Å². The molecule has 0 heteroatoms. The molecular formula is C20H26. The third kappa shape index (κ3) is 2.95. The molecule has 0 N–H and O–H groups in total. The lowest BCUT2D eigenvalue weighted by Crippen LogP contribution is -2.30. The van der Waals surface area contributed by atoms with Crippen molar-refractivity contribution in [3.8, 4) is 0 Å². The van der Waals surface area contributed by atoms with Crippen LogP contribution in [-0.2, 0) is 5.41 Å². The molecule has 0 heterocycles. The van der Waals surface area contributed by atoms with E-state index in [0.29, 0.717) is 0 Å². The molecule has 0 atom stereocenters. The van der Waals surface area contributed by atoms with E-state index < -0.39 is 0 Å². The highest BCUT2D eigenvalue weighted by molar-refractivity contribution is 5.39. The Balaban J connectivity index is 0.000000704. The second-order valence-electron chi connectivity index (χ2n) is 5.37. The van der Waals surface area contributed by atoms with Gasteiger partial charge in [-0.15, -0.1) is 0 Å². The Bertz CT molecular complexity index is 436. The van der Waals surface area contributed by atoms with Crippen molar-refractivity contribution in [1.29, 1.82) is 0 Å². The summed E-state index contributed by atoms with van der Waals surface area (Å²) in [4.78, 5) is 0. The van der Waals surface area contributed by atoms with Gasteiger partial charge in [0.15, 0.2) is 0 Å². The Hall–Kier alpha value is -1.56. The van der Waals surface area contributed by atoms with Gasteiger partial charge in [-0.25, -0.2) is 0 Å². The van der Waals surface area contributed by atoms with Gasteiger partial charge in [0.1, 0.15) is 0 Å². The first-order chi connectivity index (χ1) is 9.92. The molecule has 20 heavy (non-hydrogen) atoms. The van der Waals surface area contributed by atoms with Gasteiger partial charge >= 0.3 is 0 Å². The van der Waals surface area contributed by atoms with Crippen LogP contribution in [0.1, 0.15) is 57.1 Å². The zero-order chi connectivity index (χ0) is 14.3. The van der Waals surface area contributed by atoms with Gasteiger partial charge in [-0.2, -0.15) is 0 Å². The van der Waals surface area contributed by atoms with E-state index in [4.69, 9.17) is 0 Å². The molecule has 106 valence electrons. The van der Waals surface area contributed by atoms with Crippen LogP contribution in [-0.4, -0.2) is 0 Å². The van der Waals surface area contributed by atoms with Crippen molar-refractivity contribution >= 4 is 0 Å². The van der Waals surface area contributed by atoms with Crippen LogP contribution in [0.2, 0.25) is 0 Å². The molecule has 1 aliphatic rings. The Morgan fingerprint density at radius 3 is 1.40 bits per heavy atom. The summed E-state index contributed by atoms with van der Waals surface area (Å²) in [6.45, 7) is 4.00. The zero-order valence-electron chi connectivity index (χ0n) is 12.8. The fourth-order valence-corrected chi connectivity index (χ4v) is 3.41. The van der Waals surface area contributed by atoms with Crippen LogP contribution in [0.25, 0.3) is 0 Å². The fourth-order valence-electron chi connectivity index (χ4n) is 3.41. The third-order valence-corrected chi connectivity index (χ3v) is 4.36. The molecule has 3 rings (SSSR count). The second kappa shape index (κ2) is 7.28. The lowest BCUT2D eigenvalue weighted by atomic mass is 9.65. The monoisotopic (exact) mass is 266 g/mol. The third-order valence-electron chi connectivity index (χ3n) is 4.36. The van der Waals surface area contributed by atoms with E-state index in [-0.39, 0.29) is 5.41 Å². The topological polar surface area (TPSA) is 0 Å². The highest BCUT2D eigenvalue weighted by Crippen LogP contribution is 2.44. The Labute approximate surface area is 123 Å². The summed E-state index contributed by atoms with van der Waals surface area (Å²) in [7, 11) is 0. The molecule has 0 spiro atoms. The van der Waals surface area contributed by atoms with E-state index in [1.165, 1.54) is 43.2 Å². The summed E-state index contributed by atoms with van der Waals surface area (Å²) in [5.41, 5.74) is 3.26. The van der Waals surface area contributed by atoms with Gasteiger partial charge in [-0.05, 0) is 24.0 Å². The summed E-state index contributed by atoms with van der Waals surface area (Å²) < 4.78 is 0. The van der Waals surface area contributed by atoms with Crippen LogP contribution in [0.15, 0.2) is 60.7 Å². The van der Waals surface area contributed by atoms with Crippen molar-refractivity contribution < 1.29 is 0 Å². The van der Waals surface area contributed by atoms with Gasteiger partial charge in [-0.1, -0.05) is 93.8 Å². The first-order valence-corrected chi connectivity index (χ1v) is 8.03. The lowest BCUT2D eigenvalue weighted by Gasteiger charge is -2.38. The standard InChI is InChI=1S/C18H20.C2H6/c1-4-10-16(11-5-1)18(14-8-3-9-15-18)17-12-6-2-7-13-17;1-2/h1-2,4-7,10-13H,3,8-9,14-15H2;1-2H3. The predicted octanol–water partition coefficient (Wildman–Crippen LogP) is 5.96. The Morgan fingerprint density at radius 1 is 0.600 bits per heavy atom. The van der Waals surface area contributed by atoms with Crippen molar-refractivity contribution in [1.82, 2.24) is 0 Å². The van der Waals surface area contributed by atoms with Gasteiger partial charge in [0.25, 0.3) is 0 Å². The van der Waals surface area contributed by atoms with Crippen LogP contribution >= 0.6 is 0 Å². The van der Waals surface area contributed by atoms with Crippen LogP contribution in [0.5, 0.6) is 0 Å². The summed E-state index contributed by atoms with van der Waals surface area (Å²) in [6.07, 6.45) is 6.68. The normalized spacial score (nSPS) is 16.9. The maximum Gasteiger partial charge on any atom is 0.0202 e. The molecule has 0 nitrogen and oxygen atoms in total. The Kier molecular flexibility index (Phi) is 5.40. The van der Waals surface area contributed by atoms with Gasteiger partial charge in [0.2, 0.25) is 0 Å². The molecule has 0 amide bonds. The first kappa shape index (κ1) is 14.8. The predicted molar refractivity (Wildman–Crippen MR) is 88.1 cm³/mol. The number of rotatable bonds is 2. The zero-order valence-corrected chi connectivity index (χ0v) is 12.8. The quantitative estimate of drug-likeness (QED) is 0.629. The summed E-state index contributed by atoms with van der Waals surface area (Å²) >= 11 is 0. The Morgan fingerprint density at radius 2 is 1.00 bits per heavy atom. The molecule has 2 aromatic carbocycles. The molecule has 0 aliphatic heterocycles. The SMILES string of the molecule is CC.c1ccc(C2(c3ccccc3)CCCCC2)cc1. The molecule has 0 unspecified atom stereocenters. The fraction of sp³-hybridized carbons (Fsp3) is 0.400. The molecule has 1 aliphatic carbocycles. The minimum absolute atomic E-state index is 0.265. The van der Waals surface area contributed by atoms with Crippen molar-refractivity contribution in [3.63, 3.8) is 0 Å². The van der Waals surface area contributed by atoms with Crippen molar-refractivity contribution in [2.75, 3.05) is 0 Å². The highest BCUT2D eigenvalue weighted by atomic mass is 14.4. The van der Waals surface area contributed by atoms with Gasteiger partial charge in [0, 0.05) is 5.41 Å². The van der Waals surface area contributed by atoms with Crippen molar-refractivity contribution in [3.05, 3.63) is 71.8 Å². The lowest BCUT2D eigenvalue weighted by molar-refractivity contribution is 0.346. The number of hydrogen-bond acceptors (Lipinski definition) is 0. The average Bonchev–Trinajstić information content (AvgIpc) is 2.59. The van der Waals surface area contributed by atoms with Crippen LogP contribution in [0, 0.1) is 0 Å². The molecule has 1 fully saturated rings. The van der Waals surface area contributed by atoms with Crippen molar-refractivity contribution in [2.24, 2.45) is 0 Å². The highest BCUT2D eigenvalue weighted by Gasteiger charge is 2.35. The summed E-state index contributed by atoms with van der Waals surface area (Å²) in [5, 5.41) is 0. The van der Waals surface area contributed by atoms with Gasteiger partial charge in [0.05, 0.1) is 0 Å². The van der Waals surface area contributed by atoms with E-state index in [9.17, 15) is 0 Å². The smallest absolute Gasteiger partial charge is 0.0202 e. The minimum atomic E-state index is 0.265. The van der Waals surface area contributed by atoms with Crippen LogP contribution in [0.4, 0.5) is 0 Å². The van der Waals surface area contributed by atoms with Crippen LogP contribution < -0.4 is 0 Å². The molecule has 0 bridgehead atoms. The summed E-state index contributed by atoms with van der Waals surface area (Å²) in [6, 6.07) is 22.1. The van der Waals surface area contributed by atoms with Gasteiger partial charge < -0.3 is 0 Å². The summed E-state index contributed by atoms with van der Waals surface area (Å²) in [5.74, 6) is 0. The maximum atomic E-state index is 2.30. The number of hydrogen-bond donors (Lipinski definition) is 0. The van der Waals surface area contributed by atoms with E-state index in [1.807, 2.05) is 13.8 Å². The second-order valence-corrected chi connectivity index (χ2v) is 5.37. The molecule has 1 saturated carbocycles. The number of benzene rings is 2. The first-order valence-electron chi connectivity index (χ1n) is 8.03. The average molecular weight is 266 g/mol. The molecular weight excluding hydrogens is 240 g/mol. The van der Waals surface area contributed by atoms with E-state index in [2.05, 4.69) is 60.7 Å². The maximum absolute atomic E-state index is 2.30. The van der Waals surface area contributed by atoms with Crippen molar-refractivity contribution in [2.45, 2.75) is 51.4 Å². The molecule has 0 aromatic heterocycles. The van der Waals surface area contributed by atoms with Crippen LogP contribution in [0.3, 0.4) is 0 Å². The van der Waals surface area contributed by atoms with Gasteiger partial charge in [-0.3, -0.25) is 0 Å². The largest absolute Gasteiger partial charge is 0.0683 e. The minimum Gasteiger partial charge on any atom is -0.0683 e. The molecule has 0 radical (unpaired) electrons. The van der Waals surface area contributed by atoms with E-state index in [1.54, 1.807) is 0 Å². The van der Waals surface area contributed by atoms with E-state index >= 15 is 0 Å².